The quantitative estimate of drug-likeness (QED) is 0.840. The molecule has 1 fully saturated rings. The maximum atomic E-state index is 9.70. The van der Waals surface area contributed by atoms with Crippen molar-refractivity contribution in [1.29, 1.82) is 0 Å². The highest BCUT2D eigenvalue weighted by molar-refractivity contribution is 6.31. The molecule has 1 saturated heterocycles. The summed E-state index contributed by atoms with van der Waals surface area (Å²) < 4.78 is 0. The van der Waals surface area contributed by atoms with Gasteiger partial charge in [0.25, 0.3) is 0 Å². The van der Waals surface area contributed by atoms with Crippen molar-refractivity contribution in [3.63, 3.8) is 0 Å². The van der Waals surface area contributed by atoms with Crippen molar-refractivity contribution in [2.24, 2.45) is 0 Å². The topological polar surface area (TPSA) is 35.5 Å². The molecule has 3 rings (SSSR count). The van der Waals surface area contributed by atoms with E-state index in [9.17, 15) is 5.11 Å². The van der Waals surface area contributed by atoms with Crippen molar-refractivity contribution in [2.45, 2.75) is 31.5 Å². The summed E-state index contributed by atoms with van der Waals surface area (Å²) in [5.41, 5.74) is 2.35. The standard InChI is InChI=1S/C20H25ClN2O/c21-19-9-5-4-8-17(19)14-23-12-10-18(11-13-23)22-20(15-24)16-6-2-1-3-7-16/h1-9,18,20,22,24H,10-15H2. The third-order valence-corrected chi connectivity index (χ3v) is 5.13. The first-order valence-corrected chi connectivity index (χ1v) is 9.01. The molecule has 1 unspecified atom stereocenters. The zero-order chi connectivity index (χ0) is 16.8. The summed E-state index contributed by atoms with van der Waals surface area (Å²) in [6.07, 6.45) is 2.18. The van der Waals surface area contributed by atoms with Crippen molar-refractivity contribution < 1.29 is 5.11 Å². The molecule has 1 atom stereocenters. The molecule has 2 aromatic carbocycles. The lowest BCUT2D eigenvalue weighted by molar-refractivity contribution is 0.167. The van der Waals surface area contributed by atoms with Gasteiger partial charge < -0.3 is 10.4 Å². The van der Waals surface area contributed by atoms with Gasteiger partial charge >= 0.3 is 0 Å². The summed E-state index contributed by atoms with van der Waals surface area (Å²) in [6.45, 7) is 3.14. The predicted molar refractivity (Wildman–Crippen MR) is 99.2 cm³/mol. The van der Waals surface area contributed by atoms with Gasteiger partial charge in [0.1, 0.15) is 0 Å². The van der Waals surface area contributed by atoms with Crippen LogP contribution < -0.4 is 5.32 Å². The average molecular weight is 345 g/mol. The van der Waals surface area contributed by atoms with Crippen LogP contribution in [0.5, 0.6) is 0 Å². The van der Waals surface area contributed by atoms with E-state index in [0.29, 0.717) is 6.04 Å². The summed E-state index contributed by atoms with van der Waals surface area (Å²) in [5.74, 6) is 0. The first-order chi connectivity index (χ1) is 11.8. The highest BCUT2D eigenvalue weighted by Crippen LogP contribution is 2.21. The number of benzene rings is 2. The van der Waals surface area contributed by atoms with Gasteiger partial charge in [-0.1, -0.05) is 60.1 Å². The van der Waals surface area contributed by atoms with Crippen molar-refractivity contribution in [1.82, 2.24) is 10.2 Å². The molecule has 4 heteroatoms. The lowest BCUT2D eigenvalue weighted by atomic mass is 10.0. The number of piperidine rings is 1. The van der Waals surface area contributed by atoms with Crippen LogP contribution in [0.25, 0.3) is 0 Å². The van der Waals surface area contributed by atoms with E-state index in [0.717, 1.165) is 43.1 Å². The van der Waals surface area contributed by atoms with E-state index >= 15 is 0 Å². The second-order valence-corrected chi connectivity index (χ2v) is 6.86. The smallest absolute Gasteiger partial charge is 0.0626 e. The second kappa shape index (κ2) is 8.63. The van der Waals surface area contributed by atoms with E-state index < -0.39 is 0 Å². The molecule has 0 aromatic heterocycles. The first kappa shape index (κ1) is 17.4. The number of aliphatic hydroxyl groups excluding tert-OH is 1. The van der Waals surface area contributed by atoms with E-state index in [1.54, 1.807) is 0 Å². The van der Waals surface area contributed by atoms with E-state index in [-0.39, 0.29) is 12.6 Å². The summed E-state index contributed by atoms with van der Waals surface area (Å²) in [7, 11) is 0. The Kier molecular flexibility index (Phi) is 6.27. The number of rotatable bonds is 6. The van der Waals surface area contributed by atoms with Gasteiger partial charge in [-0.2, -0.15) is 0 Å². The maximum absolute atomic E-state index is 9.70. The number of nitrogens with zero attached hydrogens (tertiary/aromatic N) is 1. The van der Waals surface area contributed by atoms with E-state index in [1.807, 2.05) is 36.4 Å². The van der Waals surface area contributed by atoms with Gasteiger partial charge in [-0.3, -0.25) is 4.90 Å². The first-order valence-electron chi connectivity index (χ1n) is 8.64. The fraction of sp³-hybridized carbons (Fsp3) is 0.400. The van der Waals surface area contributed by atoms with Crippen LogP contribution in [0.15, 0.2) is 54.6 Å². The van der Waals surface area contributed by atoms with Gasteiger partial charge in [-0.05, 0) is 43.1 Å². The molecule has 0 amide bonds. The molecule has 128 valence electrons. The Labute approximate surface area is 149 Å². The van der Waals surface area contributed by atoms with Crippen molar-refractivity contribution in [3.05, 3.63) is 70.7 Å². The van der Waals surface area contributed by atoms with Crippen molar-refractivity contribution >= 4 is 11.6 Å². The maximum Gasteiger partial charge on any atom is 0.0626 e. The van der Waals surface area contributed by atoms with Crippen LogP contribution in [0.4, 0.5) is 0 Å². The number of nitrogens with one attached hydrogen (secondary N) is 1. The molecule has 24 heavy (non-hydrogen) atoms. The Hall–Kier alpha value is -1.39. The molecule has 1 aliphatic heterocycles. The number of likely N-dealkylation sites (tertiary alicyclic amines) is 1. The molecular formula is C20H25ClN2O. The highest BCUT2D eigenvalue weighted by Gasteiger charge is 2.22. The fourth-order valence-corrected chi connectivity index (χ4v) is 3.54. The second-order valence-electron chi connectivity index (χ2n) is 6.45. The monoisotopic (exact) mass is 344 g/mol. The molecule has 2 aromatic rings. The van der Waals surface area contributed by atoms with Crippen molar-refractivity contribution in [3.8, 4) is 0 Å². The van der Waals surface area contributed by atoms with Gasteiger partial charge in [0.05, 0.1) is 12.6 Å². The van der Waals surface area contributed by atoms with E-state index in [4.69, 9.17) is 11.6 Å². The molecule has 0 radical (unpaired) electrons. The van der Waals surface area contributed by atoms with E-state index in [1.165, 1.54) is 5.56 Å². The molecule has 2 N–H and O–H groups in total. The Bertz CT molecular complexity index is 627. The largest absolute Gasteiger partial charge is 0.394 e. The van der Waals surface area contributed by atoms with Crippen molar-refractivity contribution in [2.75, 3.05) is 19.7 Å². The summed E-state index contributed by atoms with van der Waals surface area (Å²) in [4.78, 5) is 2.45. The number of hydrogen-bond acceptors (Lipinski definition) is 3. The molecule has 1 aliphatic rings. The Balaban J connectivity index is 1.51. The van der Waals surface area contributed by atoms with E-state index in [2.05, 4.69) is 28.4 Å². The highest BCUT2D eigenvalue weighted by atomic mass is 35.5. The minimum atomic E-state index is 0.0197. The predicted octanol–water partition coefficient (Wildman–Crippen LogP) is 3.63. The molecule has 0 bridgehead atoms. The minimum absolute atomic E-state index is 0.0197. The normalized spacial score (nSPS) is 17.8. The summed E-state index contributed by atoms with van der Waals surface area (Å²) in [6, 6.07) is 18.7. The van der Waals surface area contributed by atoms with Crippen LogP contribution in [0.2, 0.25) is 5.02 Å². The number of halogens is 1. The van der Waals surface area contributed by atoms with Crippen LogP contribution >= 0.6 is 11.6 Å². The van der Waals surface area contributed by atoms with Gasteiger partial charge in [0, 0.05) is 17.6 Å². The lowest BCUT2D eigenvalue weighted by Gasteiger charge is -2.34. The van der Waals surface area contributed by atoms with Gasteiger partial charge in [0.15, 0.2) is 0 Å². The minimum Gasteiger partial charge on any atom is -0.394 e. The summed E-state index contributed by atoms with van der Waals surface area (Å²) >= 11 is 6.26. The molecule has 0 saturated carbocycles. The van der Waals surface area contributed by atoms with Crippen LogP contribution in [-0.2, 0) is 6.54 Å². The fourth-order valence-electron chi connectivity index (χ4n) is 3.35. The zero-order valence-corrected chi connectivity index (χ0v) is 14.6. The molecule has 3 nitrogen and oxygen atoms in total. The SMILES string of the molecule is OCC(NC1CCN(Cc2ccccc2Cl)CC1)c1ccccc1. The van der Waals surface area contributed by atoms with Crippen LogP contribution in [-0.4, -0.2) is 35.7 Å². The van der Waals surface area contributed by atoms with Crippen LogP contribution in [0, 0.1) is 0 Å². The lowest BCUT2D eigenvalue weighted by Crippen LogP contribution is -2.44. The zero-order valence-electron chi connectivity index (χ0n) is 13.9. The Morgan fingerprint density at radius 2 is 1.71 bits per heavy atom. The number of hydrogen-bond donors (Lipinski definition) is 2. The average Bonchev–Trinajstić information content (AvgIpc) is 2.64. The third kappa shape index (κ3) is 4.58. The third-order valence-electron chi connectivity index (χ3n) is 4.76. The molecular weight excluding hydrogens is 320 g/mol. The molecule has 0 spiro atoms. The molecule has 1 heterocycles. The van der Waals surface area contributed by atoms with Gasteiger partial charge in [-0.15, -0.1) is 0 Å². The Morgan fingerprint density at radius 3 is 2.38 bits per heavy atom. The van der Waals surface area contributed by atoms with Crippen LogP contribution in [0.3, 0.4) is 0 Å². The van der Waals surface area contributed by atoms with Gasteiger partial charge in [0.2, 0.25) is 0 Å². The summed E-state index contributed by atoms with van der Waals surface area (Å²) in [5, 5.41) is 14.2. The molecule has 0 aliphatic carbocycles. The Morgan fingerprint density at radius 1 is 1.04 bits per heavy atom. The van der Waals surface area contributed by atoms with Gasteiger partial charge in [-0.25, -0.2) is 0 Å². The van der Waals surface area contributed by atoms with Crippen LogP contribution in [0.1, 0.15) is 30.0 Å². The number of aliphatic hydroxyl groups is 1.